The van der Waals surface area contributed by atoms with Gasteiger partial charge in [0, 0.05) is 55.3 Å². The fraction of sp³-hybridized carbons (Fsp3) is 0.400. The van der Waals surface area contributed by atoms with Gasteiger partial charge in [-0.05, 0) is 64.0 Å². The molecular formula is C30H36ClFN8OS. The van der Waals surface area contributed by atoms with Gasteiger partial charge in [0.1, 0.15) is 23.2 Å². The molecule has 42 heavy (non-hydrogen) atoms. The Morgan fingerprint density at radius 3 is 2.67 bits per heavy atom. The number of nitrogens with one attached hydrogen (secondary N) is 1. The molecule has 0 radical (unpaired) electrons. The maximum atomic E-state index is 14.7. The highest BCUT2D eigenvalue weighted by Crippen LogP contribution is 2.40. The highest BCUT2D eigenvalue weighted by atomic mass is 35.5. The van der Waals surface area contributed by atoms with E-state index in [0.717, 1.165) is 68.0 Å². The normalized spacial score (nSPS) is 18.0. The zero-order valence-corrected chi connectivity index (χ0v) is 25.4. The van der Waals surface area contributed by atoms with Crippen molar-refractivity contribution in [1.29, 1.82) is 0 Å². The van der Waals surface area contributed by atoms with Gasteiger partial charge in [-0.25, -0.2) is 24.3 Å². The average molecular weight is 611 g/mol. The summed E-state index contributed by atoms with van der Waals surface area (Å²) in [5, 5.41) is 4.50. The van der Waals surface area contributed by atoms with E-state index in [1.54, 1.807) is 35.7 Å². The number of pyridine rings is 1. The number of hydrogen-bond acceptors (Lipinski definition) is 10. The molecule has 9 nitrogen and oxygen atoms in total. The Morgan fingerprint density at radius 2 is 1.88 bits per heavy atom. The first-order valence-electron chi connectivity index (χ1n) is 14.1. The highest BCUT2D eigenvalue weighted by molar-refractivity contribution is 7.15. The van der Waals surface area contributed by atoms with Crippen LogP contribution in [0.2, 0.25) is 0 Å². The number of anilines is 3. The molecular weight excluding hydrogens is 575 g/mol. The summed E-state index contributed by atoms with van der Waals surface area (Å²) < 4.78 is 20.1. The summed E-state index contributed by atoms with van der Waals surface area (Å²) in [5.41, 5.74) is 8.73. The predicted molar refractivity (Wildman–Crippen MR) is 169 cm³/mol. The van der Waals surface area contributed by atoms with Crippen LogP contribution in [-0.4, -0.2) is 71.2 Å². The number of aromatic nitrogens is 4. The smallest absolute Gasteiger partial charge is 0.168 e. The van der Waals surface area contributed by atoms with Gasteiger partial charge in [-0.3, -0.25) is 0 Å². The van der Waals surface area contributed by atoms with Gasteiger partial charge in [0.05, 0.1) is 28.2 Å². The second kappa shape index (κ2) is 13.3. The minimum atomic E-state index is -0.447. The molecule has 2 aliphatic heterocycles. The molecule has 1 atom stereocenters. The summed E-state index contributed by atoms with van der Waals surface area (Å²) >= 11 is 1.77. The summed E-state index contributed by atoms with van der Waals surface area (Å²) in [6.45, 7) is 3.91. The molecule has 0 unspecified atom stereocenters. The minimum Gasteiger partial charge on any atom is -0.496 e. The van der Waals surface area contributed by atoms with E-state index in [1.165, 1.54) is 18.2 Å². The van der Waals surface area contributed by atoms with Crippen LogP contribution in [0.4, 0.5) is 21.7 Å². The summed E-state index contributed by atoms with van der Waals surface area (Å²) in [5.74, 6) is 1.80. The van der Waals surface area contributed by atoms with Gasteiger partial charge >= 0.3 is 0 Å². The Kier molecular flexibility index (Phi) is 9.52. The molecule has 6 rings (SSSR count). The number of ether oxygens (including phenoxy) is 1. The van der Waals surface area contributed by atoms with E-state index in [2.05, 4.69) is 32.1 Å². The third-order valence-corrected chi connectivity index (χ3v) is 9.06. The van der Waals surface area contributed by atoms with E-state index in [-0.39, 0.29) is 29.8 Å². The second-order valence-electron chi connectivity index (χ2n) is 10.8. The third kappa shape index (κ3) is 6.49. The Bertz CT molecular complexity index is 1510. The molecule has 2 saturated heterocycles. The van der Waals surface area contributed by atoms with Gasteiger partial charge in [-0.15, -0.1) is 23.7 Å². The summed E-state index contributed by atoms with van der Waals surface area (Å²) in [6.07, 6.45) is 9.83. The summed E-state index contributed by atoms with van der Waals surface area (Å²) in [7, 11) is 3.68. The quantitative estimate of drug-likeness (QED) is 0.272. The molecule has 3 aromatic heterocycles. The van der Waals surface area contributed by atoms with E-state index in [9.17, 15) is 4.39 Å². The number of piperidine rings is 2. The molecule has 2 fully saturated rings. The van der Waals surface area contributed by atoms with Crippen molar-refractivity contribution in [2.75, 3.05) is 50.6 Å². The van der Waals surface area contributed by atoms with Crippen LogP contribution in [0.3, 0.4) is 0 Å². The SMILES string of the molecule is COc1cccc(F)c1-c1nccc(Nc2cc(N3CCC[C@H](N)C3)c(-c3cnc(C4CCN(C)CC4)s3)cn2)n1.Cl. The number of benzene rings is 1. The van der Waals surface area contributed by atoms with Crippen molar-refractivity contribution >= 4 is 41.1 Å². The minimum absolute atomic E-state index is 0. The summed E-state index contributed by atoms with van der Waals surface area (Å²) in [6, 6.07) is 8.56. The molecule has 1 aromatic carbocycles. The van der Waals surface area contributed by atoms with Crippen LogP contribution >= 0.6 is 23.7 Å². The van der Waals surface area contributed by atoms with Crippen LogP contribution in [0.1, 0.15) is 36.6 Å². The van der Waals surface area contributed by atoms with E-state index in [1.807, 2.05) is 18.5 Å². The summed E-state index contributed by atoms with van der Waals surface area (Å²) in [4.78, 5) is 24.3. The van der Waals surface area contributed by atoms with Crippen LogP contribution in [0.15, 0.2) is 48.9 Å². The van der Waals surface area contributed by atoms with E-state index < -0.39 is 5.82 Å². The van der Waals surface area contributed by atoms with Gasteiger partial charge < -0.3 is 25.6 Å². The van der Waals surface area contributed by atoms with E-state index >= 15 is 0 Å². The molecule has 4 aromatic rings. The average Bonchev–Trinajstić information content (AvgIpc) is 3.48. The molecule has 0 aliphatic carbocycles. The number of rotatable bonds is 7. The maximum absolute atomic E-state index is 14.7. The molecule has 0 spiro atoms. The lowest BCUT2D eigenvalue weighted by Crippen LogP contribution is -2.43. The molecule has 5 heterocycles. The van der Waals surface area contributed by atoms with Crippen molar-refractivity contribution in [3.63, 3.8) is 0 Å². The van der Waals surface area contributed by atoms with E-state index in [0.29, 0.717) is 23.3 Å². The lowest BCUT2D eigenvalue weighted by atomic mass is 9.98. The van der Waals surface area contributed by atoms with Gasteiger partial charge in [-0.1, -0.05) is 6.07 Å². The van der Waals surface area contributed by atoms with Gasteiger partial charge in [0.25, 0.3) is 0 Å². The van der Waals surface area contributed by atoms with Crippen LogP contribution < -0.4 is 20.7 Å². The number of nitrogens with two attached hydrogens (primary N) is 1. The molecule has 222 valence electrons. The third-order valence-electron chi connectivity index (χ3n) is 7.87. The Balaban J connectivity index is 0.00000353. The van der Waals surface area contributed by atoms with Crippen LogP contribution in [0.5, 0.6) is 5.75 Å². The topological polar surface area (TPSA) is 105 Å². The predicted octanol–water partition coefficient (Wildman–Crippen LogP) is 5.71. The first kappa shape index (κ1) is 30.1. The molecule has 3 N–H and O–H groups in total. The zero-order chi connectivity index (χ0) is 28.3. The Hall–Kier alpha value is -3.38. The number of thiazole rings is 1. The zero-order valence-electron chi connectivity index (χ0n) is 23.8. The fourth-order valence-corrected chi connectivity index (χ4v) is 6.73. The van der Waals surface area contributed by atoms with Crippen molar-refractivity contribution in [3.8, 4) is 27.6 Å². The highest BCUT2D eigenvalue weighted by Gasteiger charge is 2.25. The lowest BCUT2D eigenvalue weighted by Gasteiger charge is -2.34. The van der Waals surface area contributed by atoms with Gasteiger partial charge in [0.2, 0.25) is 0 Å². The van der Waals surface area contributed by atoms with Crippen molar-refractivity contribution < 1.29 is 9.13 Å². The van der Waals surface area contributed by atoms with Crippen LogP contribution in [0.25, 0.3) is 21.8 Å². The first-order valence-corrected chi connectivity index (χ1v) is 14.9. The fourth-order valence-electron chi connectivity index (χ4n) is 5.62. The molecule has 0 saturated carbocycles. The van der Waals surface area contributed by atoms with Crippen molar-refractivity contribution in [1.82, 2.24) is 24.8 Å². The van der Waals surface area contributed by atoms with Gasteiger partial charge in [-0.2, -0.15) is 0 Å². The molecule has 2 aliphatic rings. The van der Waals surface area contributed by atoms with Crippen molar-refractivity contribution in [3.05, 3.63) is 59.7 Å². The molecule has 0 bridgehead atoms. The number of likely N-dealkylation sites (tertiary alicyclic amines) is 1. The number of methoxy groups -OCH3 is 1. The number of halogens is 2. The Labute approximate surface area is 255 Å². The molecule has 0 amide bonds. The van der Waals surface area contributed by atoms with Crippen LogP contribution in [0, 0.1) is 5.82 Å². The van der Waals surface area contributed by atoms with Crippen molar-refractivity contribution in [2.24, 2.45) is 5.73 Å². The standard InChI is InChI=1S/C30H35FN8OS.ClH/c1-38-13-9-19(10-14-38)30-35-17-25(41-30)21-16-34-27(15-23(21)39-12-4-5-20(32)18-39)36-26-8-11-33-29(37-26)28-22(31)6-3-7-24(28)40-2;/h3,6-8,11,15-17,19-20H,4-5,9-10,12-14,18,32H2,1-2H3,(H,33,34,36,37);1H/t20-;/m0./s1. The van der Waals surface area contributed by atoms with Crippen LogP contribution in [-0.2, 0) is 0 Å². The Morgan fingerprint density at radius 1 is 1.05 bits per heavy atom. The largest absolute Gasteiger partial charge is 0.496 e. The first-order chi connectivity index (χ1) is 20.0. The number of nitrogens with zero attached hydrogens (tertiary/aromatic N) is 6. The molecule has 12 heteroatoms. The maximum Gasteiger partial charge on any atom is 0.168 e. The monoisotopic (exact) mass is 610 g/mol. The second-order valence-corrected chi connectivity index (χ2v) is 11.8. The van der Waals surface area contributed by atoms with E-state index in [4.69, 9.17) is 20.4 Å². The van der Waals surface area contributed by atoms with Gasteiger partial charge in [0.15, 0.2) is 5.82 Å². The number of hydrogen-bond donors (Lipinski definition) is 2. The lowest BCUT2D eigenvalue weighted by molar-refractivity contribution is 0.255. The van der Waals surface area contributed by atoms with Crippen molar-refractivity contribution in [2.45, 2.75) is 37.6 Å².